The summed E-state index contributed by atoms with van der Waals surface area (Å²) in [6.45, 7) is -0.571. The van der Waals surface area contributed by atoms with Crippen LogP contribution in [0.15, 0.2) is 66.7 Å². The Morgan fingerprint density at radius 3 is 2.40 bits per heavy atom. The topological polar surface area (TPSA) is 259 Å². The van der Waals surface area contributed by atoms with Crippen molar-refractivity contribution in [3.63, 3.8) is 0 Å². The standard InChI is InChI=1S/C39H44ClN9O9/c40-29-16-27(46-39(57)44-18-24-6-9-28-26(14-24)21-49(38(28)56)31-10-11-32(50)48-37(31)55)8-7-25(29)12-13-58-22-45-34(52)19-43-36(54)30(15-23-4-2-1-3-5-23)47-35(53)20-42-33(51)17-41/h1-9,14,16,30-31H,10-13,15,17-22,41H2,(H,42,51)(H,43,54)(H,45,52)(H,47,53)(H2,44,46,57)(H,48,50,55)/t30-,31?/m0/s1. The second-order valence-corrected chi connectivity index (χ2v) is 13.8. The van der Waals surface area contributed by atoms with E-state index < -0.39 is 47.7 Å². The van der Waals surface area contributed by atoms with Crippen LogP contribution in [0, 0.1) is 0 Å². The van der Waals surface area contributed by atoms with Crippen molar-refractivity contribution in [1.29, 1.82) is 0 Å². The van der Waals surface area contributed by atoms with Gasteiger partial charge in [0, 0.05) is 42.2 Å². The second-order valence-electron chi connectivity index (χ2n) is 13.4. The molecule has 0 spiro atoms. The lowest BCUT2D eigenvalue weighted by Gasteiger charge is -2.29. The number of hydrogen-bond acceptors (Lipinski definition) is 10. The predicted molar refractivity (Wildman–Crippen MR) is 210 cm³/mol. The first-order valence-corrected chi connectivity index (χ1v) is 18.8. The molecule has 1 saturated heterocycles. The van der Waals surface area contributed by atoms with Gasteiger partial charge in [0.15, 0.2) is 0 Å². The maximum Gasteiger partial charge on any atom is 0.319 e. The molecule has 9 amide bonds. The number of imide groups is 1. The van der Waals surface area contributed by atoms with E-state index in [0.29, 0.717) is 22.7 Å². The van der Waals surface area contributed by atoms with Gasteiger partial charge in [0.1, 0.15) is 18.8 Å². The number of benzene rings is 3. The summed E-state index contributed by atoms with van der Waals surface area (Å²) in [4.78, 5) is 100.0. The van der Waals surface area contributed by atoms with E-state index in [4.69, 9.17) is 22.1 Å². The van der Waals surface area contributed by atoms with Gasteiger partial charge < -0.3 is 47.3 Å². The number of carbonyl (C=O) groups is 8. The van der Waals surface area contributed by atoms with E-state index >= 15 is 0 Å². The van der Waals surface area contributed by atoms with E-state index in [1.807, 2.05) is 6.07 Å². The molecular weight excluding hydrogens is 774 g/mol. The number of carbonyl (C=O) groups excluding carboxylic acids is 8. The van der Waals surface area contributed by atoms with Gasteiger partial charge in [-0.1, -0.05) is 60.1 Å². The van der Waals surface area contributed by atoms with Crippen LogP contribution in [0.1, 0.15) is 45.5 Å². The molecule has 3 aromatic carbocycles. The summed E-state index contributed by atoms with van der Waals surface area (Å²) < 4.78 is 5.52. The summed E-state index contributed by atoms with van der Waals surface area (Å²) in [5.41, 5.74) is 9.16. The normalized spacial score (nSPS) is 15.1. The highest BCUT2D eigenvalue weighted by Gasteiger charge is 2.39. The number of rotatable bonds is 18. The molecule has 19 heteroatoms. The number of nitrogens with two attached hydrogens (primary N) is 1. The van der Waals surface area contributed by atoms with Gasteiger partial charge in [-0.05, 0) is 53.3 Å². The first-order chi connectivity index (χ1) is 27.9. The molecule has 2 aliphatic rings. The van der Waals surface area contributed by atoms with Crippen molar-refractivity contribution < 1.29 is 43.1 Å². The number of piperidine rings is 1. The van der Waals surface area contributed by atoms with Crippen LogP contribution in [0.25, 0.3) is 0 Å². The molecule has 2 heterocycles. The average Bonchev–Trinajstić information content (AvgIpc) is 3.53. The average molecular weight is 818 g/mol. The monoisotopic (exact) mass is 817 g/mol. The van der Waals surface area contributed by atoms with Crippen LogP contribution in [-0.4, -0.2) is 97.3 Å². The van der Waals surface area contributed by atoms with Gasteiger partial charge in [-0.2, -0.15) is 0 Å². The quantitative estimate of drug-likeness (QED) is 0.0483. The molecule has 18 nitrogen and oxygen atoms in total. The summed E-state index contributed by atoms with van der Waals surface area (Å²) in [5, 5.41) is 18.1. The number of ether oxygens (including phenoxy) is 1. The molecule has 306 valence electrons. The zero-order valence-electron chi connectivity index (χ0n) is 31.4. The van der Waals surface area contributed by atoms with Gasteiger partial charge in [-0.15, -0.1) is 0 Å². The first-order valence-electron chi connectivity index (χ1n) is 18.4. The van der Waals surface area contributed by atoms with E-state index in [1.165, 1.54) is 4.90 Å². The smallest absolute Gasteiger partial charge is 0.319 e. The Labute approximate surface area is 338 Å². The van der Waals surface area contributed by atoms with Crippen LogP contribution in [0.4, 0.5) is 10.5 Å². The zero-order chi connectivity index (χ0) is 41.6. The fourth-order valence-electron chi connectivity index (χ4n) is 6.22. The number of nitrogens with zero attached hydrogens (tertiary/aromatic N) is 1. The number of halogens is 1. The Hall–Kier alpha value is -6.37. The fraction of sp³-hybridized carbons (Fsp3) is 0.333. The fourth-order valence-corrected chi connectivity index (χ4v) is 6.49. The minimum absolute atomic E-state index is 0.143. The summed E-state index contributed by atoms with van der Waals surface area (Å²) in [6, 6.07) is 17.0. The van der Waals surface area contributed by atoms with Gasteiger partial charge in [-0.3, -0.25) is 38.9 Å². The molecular formula is C39H44ClN9O9. The summed E-state index contributed by atoms with van der Waals surface area (Å²) in [6.07, 6.45) is 0.986. The largest absolute Gasteiger partial charge is 0.361 e. The van der Waals surface area contributed by atoms with Crippen LogP contribution in [-0.2, 0) is 59.4 Å². The molecule has 0 aromatic heterocycles. The summed E-state index contributed by atoms with van der Waals surface area (Å²) in [7, 11) is 0. The van der Waals surface area contributed by atoms with Crippen molar-refractivity contribution in [3.8, 4) is 0 Å². The lowest BCUT2D eigenvalue weighted by Crippen LogP contribution is -2.52. The molecule has 0 aliphatic carbocycles. The number of urea groups is 1. The van der Waals surface area contributed by atoms with Crippen molar-refractivity contribution in [2.45, 2.75) is 50.9 Å². The predicted octanol–water partition coefficient (Wildman–Crippen LogP) is -0.0259. The van der Waals surface area contributed by atoms with Crippen LogP contribution < -0.4 is 43.0 Å². The molecule has 58 heavy (non-hydrogen) atoms. The number of anilines is 1. The van der Waals surface area contributed by atoms with E-state index in [-0.39, 0.29) is 77.1 Å². The zero-order valence-corrected chi connectivity index (χ0v) is 32.1. The third kappa shape index (κ3) is 12.3. The molecule has 2 atom stereocenters. The van der Waals surface area contributed by atoms with Crippen molar-refractivity contribution in [2.75, 3.05) is 38.3 Å². The number of fused-ring (bicyclic) bond motifs is 1. The third-order valence-electron chi connectivity index (χ3n) is 9.23. The molecule has 9 N–H and O–H groups in total. The minimum atomic E-state index is -1.01. The van der Waals surface area contributed by atoms with Gasteiger partial charge in [0.25, 0.3) is 5.91 Å². The molecule has 3 aromatic rings. The number of amides is 9. The summed E-state index contributed by atoms with van der Waals surface area (Å²) in [5.74, 6) is -3.35. The lowest BCUT2D eigenvalue weighted by molar-refractivity contribution is -0.137. The lowest BCUT2D eigenvalue weighted by atomic mass is 10.0. The maximum atomic E-state index is 12.9. The molecule has 0 saturated carbocycles. The molecule has 1 unspecified atom stereocenters. The molecule has 0 bridgehead atoms. The molecule has 1 fully saturated rings. The summed E-state index contributed by atoms with van der Waals surface area (Å²) >= 11 is 6.46. The van der Waals surface area contributed by atoms with E-state index in [0.717, 1.165) is 22.3 Å². The minimum Gasteiger partial charge on any atom is -0.361 e. The maximum absolute atomic E-state index is 12.9. The van der Waals surface area contributed by atoms with Crippen LogP contribution >= 0.6 is 11.6 Å². The van der Waals surface area contributed by atoms with E-state index in [9.17, 15) is 38.4 Å². The SMILES string of the molecule is NCC(=O)NCC(=O)N[C@@H](Cc1ccccc1)C(=O)NCC(=O)NCOCCc1ccc(NC(=O)NCc2ccc3c(c2)CN(C2CCC(=O)NC2=O)C3=O)cc1Cl. The highest BCUT2D eigenvalue weighted by molar-refractivity contribution is 6.31. The van der Waals surface area contributed by atoms with Gasteiger partial charge >= 0.3 is 6.03 Å². The van der Waals surface area contributed by atoms with Crippen molar-refractivity contribution in [1.82, 2.24) is 36.8 Å². The van der Waals surface area contributed by atoms with Crippen molar-refractivity contribution >= 4 is 64.7 Å². The van der Waals surface area contributed by atoms with E-state index in [2.05, 4.69) is 37.2 Å². The van der Waals surface area contributed by atoms with Crippen LogP contribution in [0.3, 0.4) is 0 Å². The Bertz CT molecular complexity index is 2050. The second kappa shape index (κ2) is 20.7. The third-order valence-corrected chi connectivity index (χ3v) is 9.58. The number of nitrogens with one attached hydrogen (secondary N) is 7. The van der Waals surface area contributed by atoms with Crippen molar-refractivity contribution in [3.05, 3.63) is 99.6 Å². The van der Waals surface area contributed by atoms with E-state index in [1.54, 1.807) is 60.7 Å². The first kappa shape index (κ1) is 42.8. The van der Waals surface area contributed by atoms with Crippen LogP contribution in [0.2, 0.25) is 5.02 Å². The Balaban J connectivity index is 0.991. The van der Waals surface area contributed by atoms with Gasteiger partial charge in [0.2, 0.25) is 35.4 Å². The van der Waals surface area contributed by atoms with Crippen LogP contribution in [0.5, 0.6) is 0 Å². The highest BCUT2D eigenvalue weighted by Crippen LogP contribution is 2.28. The van der Waals surface area contributed by atoms with Gasteiger partial charge in [-0.25, -0.2) is 4.79 Å². The Kier molecular flexibility index (Phi) is 15.3. The van der Waals surface area contributed by atoms with Gasteiger partial charge in [0.05, 0.1) is 26.2 Å². The van der Waals surface area contributed by atoms with Crippen molar-refractivity contribution in [2.24, 2.45) is 5.73 Å². The number of hydrogen-bond donors (Lipinski definition) is 8. The highest BCUT2D eigenvalue weighted by atomic mass is 35.5. The molecule has 5 rings (SSSR count). The molecule has 2 aliphatic heterocycles. The Morgan fingerprint density at radius 2 is 1.66 bits per heavy atom. The Morgan fingerprint density at radius 1 is 0.879 bits per heavy atom. The molecule has 0 radical (unpaired) electrons.